The molecule has 0 radical (unpaired) electrons. The Morgan fingerprint density at radius 3 is 2.50 bits per heavy atom. The van der Waals surface area contributed by atoms with Crippen LogP contribution in [-0.4, -0.2) is 22.2 Å². The predicted octanol–water partition coefficient (Wildman–Crippen LogP) is 1.47. The lowest BCUT2D eigenvalue weighted by molar-refractivity contribution is -0.131. The van der Waals surface area contributed by atoms with Gasteiger partial charge in [-0.05, 0) is 6.07 Å². The summed E-state index contributed by atoms with van der Waals surface area (Å²) in [6, 6.07) is 12.6. The number of para-hydroxylation sites is 2. The van der Waals surface area contributed by atoms with E-state index in [4.69, 9.17) is 10.2 Å². The van der Waals surface area contributed by atoms with E-state index in [2.05, 4.69) is 0 Å². The molecule has 1 aromatic heterocycles. The molecule has 0 aliphatic rings. The maximum atomic E-state index is 11.0. The van der Waals surface area contributed by atoms with Crippen LogP contribution in [0.5, 0.6) is 0 Å². The number of primary amides is 1. The van der Waals surface area contributed by atoms with E-state index < -0.39 is 18.1 Å². The summed E-state index contributed by atoms with van der Waals surface area (Å²) < 4.78 is 5.71. The van der Waals surface area contributed by atoms with Crippen molar-refractivity contribution >= 4 is 27.8 Å². The average molecular weight is 271 g/mol. The number of benzene rings is 2. The van der Waals surface area contributed by atoms with E-state index in [1.165, 1.54) is 0 Å². The zero-order valence-electron chi connectivity index (χ0n) is 10.5. The molecule has 0 aliphatic heterocycles. The molecule has 2 unspecified atom stereocenters. The Morgan fingerprint density at radius 1 is 1.05 bits per heavy atom. The second-order valence-corrected chi connectivity index (χ2v) is 4.61. The molecule has 5 heteroatoms. The summed E-state index contributed by atoms with van der Waals surface area (Å²) in [5, 5.41) is 21.4. The molecule has 102 valence electrons. The molecule has 5 nitrogen and oxygen atoms in total. The van der Waals surface area contributed by atoms with Crippen molar-refractivity contribution < 1.29 is 19.4 Å². The molecule has 0 saturated heterocycles. The van der Waals surface area contributed by atoms with Crippen molar-refractivity contribution in [2.45, 2.75) is 12.2 Å². The smallest absolute Gasteiger partial charge is 0.249 e. The van der Waals surface area contributed by atoms with Crippen LogP contribution in [0.15, 0.2) is 46.9 Å². The monoisotopic (exact) mass is 271 g/mol. The van der Waals surface area contributed by atoms with Crippen LogP contribution in [0.25, 0.3) is 21.9 Å². The number of carbonyl (C=O) groups is 1. The van der Waals surface area contributed by atoms with Crippen LogP contribution in [0.2, 0.25) is 0 Å². The van der Waals surface area contributed by atoms with Gasteiger partial charge in [-0.15, -0.1) is 0 Å². The summed E-state index contributed by atoms with van der Waals surface area (Å²) >= 11 is 0. The molecule has 0 saturated carbocycles. The average Bonchev–Trinajstić information content (AvgIpc) is 2.84. The summed E-state index contributed by atoms with van der Waals surface area (Å²) in [5.41, 5.74) is 6.47. The molecular weight excluding hydrogens is 258 g/mol. The van der Waals surface area contributed by atoms with Crippen molar-refractivity contribution in [3.63, 3.8) is 0 Å². The Labute approximate surface area is 114 Å². The van der Waals surface area contributed by atoms with Crippen molar-refractivity contribution in [3.05, 3.63) is 48.0 Å². The zero-order valence-corrected chi connectivity index (χ0v) is 10.5. The van der Waals surface area contributed by atoms with Crippen molar-refractivity contribution in [1.82, 2.24) is 0 Å². The van der Waals surface area contributed by atoms with Gasteiger partial charge in [-0.25, -0.2) is 0 Å². The molecule has 3 aromatic rings. The van der Waals surface area contributed by atoms with Gasteiger partial charge in [0.05, 0.1) is 0 Å². The van der Waals surface area contributed by atoms with E-state index in [0.717, 1.165) is 10.8 Å². The summed E-state index contributed by atoms with van der Waals surface area (Å²) in [6.45, 7) is 0. The van der Waals surface area contributed by atoms with Crippen LogP contribution < -0.4 is 5.73 Å². The van der Waals surface area contributed by atoms with E-state index in [0.29, 0.717) is 16.7 Å². The van der Waals surface area contributed by atoms with Crippen molar-refractivity contribution in [2.24, 2.45) is 5.73 Å². The highest BCUT2D eigenvalue weighted by Gasteiger charge is 2.26. The van der Waals surface area contributed by atoms with Crippen LogP contribution in [0.4, 0.5) is 0 Å². The summed E-state index contributed by atoms with van der Waals surface area (Å²) in [5.74, 6) is -0.981. The zero-order chi connectivity index (χ0) is 14.3. The second-order valence-electron chi connectivity index (χ2n) is 4.61. The fourth-order valence-electron chi connectivity index (χ4n) is 2.33. The fourth-order valence-corrected chi connectivity index (χ4v) is 2.33. The molecule has 1 heterocycles. The number of aliphatic hydroxyl groups is 2. The van der Waals surface area contributed by atoms with Gasteiger partial charge in [-0.3, -0.25) is 4.79 Å². The van der Waals surface area contributed by atoms with Crippen LogP contribution in [0.3, 0.4) is 0 Å². The van der Waals surface area contributed by atoms with Gasteiger partial charge in [-0.2, -0.15) is 0 Å². The maximum absolute atomic E-state index is 11.0. The molecule has 20 heavy (non-hydrogen) atoms. The minimum atomic E-state index is -1.67. The third kappa shape index (κ3) is 1.84. The SMILES string of the molecule is NC(=O)C(O)C(O)c1cccc2c1oc1ccccc12. The molecule has 4 N–H and O–H groups in total. The number of aliphatic hydroxyl groups excluding tert-OH is 2. The van der Waals surface area contributed by atoms with Crippen LogP contribution in [0, 0.1) is 0 Å². The number of furan rings is 1. The highest BCUT2D eigenvalue weighted by molar-refractivity contribution is 6.06. The Balaban J connectivity index is 2.24. The molecule has 0 fully saturated rings. The number of amides is 1. The third-order valence-electron chi connectivity index (χ3n) is 3.34. The van der Waals surface area contributed by atoms with Gasteiger partial charge < -0.3 is 20.4 Å². The molecule has 0 aliphatic carbocycles. The predicted molar refractivity (Wildman–Crippen MR) is 73.9 cm³/mol. The number of hydrogen-bond acceptors (Lipinski definition) is 4. The van der Waals surface area contributed by atoms with Crippen molar-refractivity contribution in [3.8, 4) is 0 Å². The Bertz CT molecular complexity index is 793. The van der Waals surface area contributed by atoms with Gasteiger partial charge in [0.2, 0.25) is 5.91 Å². The highest BCUT2D eigenvalue weighted by atomic mass is 16.3. The minimum Gasteiger partial charge on any atom is -0.456 e. The van der Waals surface area contributed by atoms with Gasteiger partial charge in [0.25, 0.3) is 0 Å². The normalized spacial score (nSPS) is 14.5. The maximum Gasteiger partial charge on any atom is 0.249 e. The third-order valence-corrected chi connectivity index (χ3v) is 3.34. The Morgan fingerprint density at radius 2 is 1.75 bits per heavy atom. The topological polar surface area (TPSA) is 96.7 Å². The van der Waals surface area contributed by atoms with Gasteiger partial charge >= 0.3 is 0 Å². The van der Waals surface area contributed by atoms with E-state index in [1.54, 1.807) is 12.1 Å². The number of rotatable bonds is 3. The van der Waals surface area contributed by atoms with E-state index >= 15 is 0 Å². The van der Waals surface area contributed by atoms with E-state index in [1.807, 2.05) is 30.3 Å². The number of nitrogens with two attached hydrogens (primary N) is 1. The molecule has 3 rings (SSSR count). The van der Waals surface area contributed by atoms with E-state index in [-0.39, 0.29) is 0 Å². The van der Waals surface area contributed by atoms with Crippen LogP contribution in [-0.2, 0) is 4.79 Å². The number of fused-ring (bicyclic) bond motifs is 3. The number of carbonyl (C=O) groups excluding carboxylic acids is 1. The first kappa shape index (κ1) is 12.7. The summed E-state index contributed by atoms with van der Waals surface area (Å²) in [7, 11) is 0. The molecule has 0 bridgehead atoms. The summed E-state index contributed by atoms with van der Waals surface area (Å²) in [4.78, 5) is 11.0. The fraction of sp³-hybridized carbons (Fsp3) is 0.133. The lowest BCUT2D eigenvalue weighted by Gasteiger charge is -2.15. The van der Waals surface area contributed by atoms with Gasteiger partial charge in [-0.1, -0.05) is 36.4 Å². The van der Waals surface area contributed by atoms with Crippen molar-refractivity contribution in [2.75, 3.05) is 0 Å². The number of hydrogen-bond donors (Lipinski definition) is 3. The molecule has 2 aromatic carbocycles. The Kier molecular flexibility index (Phi) is 2.93. The quantitative estimate of drug-likeness (QED) is 0.672. The minimum absolute atomic E-state index is 0.338. The first-order valence-electron chi connectivity index (χ1n) is 6.15. The van der Waals surface area contributed by atoms with Crippen LogP contribution >= 0.6 is 0 Å². The Hall–Kier alpha value is -2.37. The highest BCUT2D eigenvalue weighted by Crippen LogP contribution is 2.33. The first-order chi connectivity index (χ1) is 9.59. The lowest BCUT2D eigenvalue weighted by Crippen LogP contribution is -2.33. The molecule has 1 amide bonds. The van der Waals surface area contributed by atoms with Gasteiger partial charge in [0.1, 0.15) is 17.3 Å². The van der Waals surface area contributed by atoms with Gasteiger partial charge in [0, 0.05) is 16.3 Å². The van der Waals surface area contributed by atoms with Crippen molar-refractivity contribution in [1.29, 1.82) is 0 Å². The lowest BCUT2D eigenvalue weighted by atomic mass is 10.0. The van der Waals surface area contributed by atoms with Gasteiger partial charge in [0.15, 0.2) is 6.10 Å². The standard InChI is InChI=1S/C15H13NO4/c16-15(19)13(18)12(17)10-6-3-5-9-8-4-1-2-7-11(8)20-14(9)10/h1-7,12-13,17-18H,(H2,16,19). The summed E-state index contributed by atoms with van der Waals surface area (Å²) in [6.07, 6.45) is -3.09. The van der Waals surface area contributed by atoms with Crippen LogP contribution in [0.1, 0.15) is 11.7 Å². The molecule has 0 spiro atoms. The first-order valence-corrected chi connectivity index (χ1v) is 6.15. The molecular formula is C15H13NO4. The van der Waals surface area contributed by atoms with E-state index in [9.17, 15) is 15.0 Å². The second kappa shape index (κ2) is 4.63. The largest absolute Gasteiger partial charge is 0.456 e. The molecule has 2 atom stereocenters.